The first-order valence-electron chi connectivity index (χ1n) is 30.4. The van der Waals surface area contributed by atoms with Crippen LogP contribution >= 0.6 is 0 Å². The Labute approximate surface area is 552 Å². The van der Waals surface area contributed by atoms with E-state index in [9.17, 15) is 105 Å². The third-order valence-electron chi connectivity index (χ3n) is 17.4. The molecule has 98 heavy (non-hydrogen) atoms. The largest absolute Gasteiger partial charge is 0.390 e. The maximum Gasteiger partial charge on any atom is 0.312 e. The number of hydrogen-bond acceptors (Lipinski definition) is 34. The van der Waals surface area contributed by atoms with Gasteiger partial charge in [0.05, 0.1) is 18.3 Å². The van der Waals surface area contributed by atoms with Gasteiger partial charge in [-0.25, -0.2) is 33.6 Å². The Morgan fingerprint density at radius 1 is 0.235 bits per heavy atom. The predicted octanol–water partition coefficient (Wildman–Crippen LogP) is -16.8. The Kier molecular flexibility index (Phi) is 26.5. The van der Waals surface area contributed by atoms with Gasteiger partial charge in [-0.2, -0.15) is 0 Å². The number of nitrogens with two attached hydrogens (primary N) is 7. The van der Waals surface area contributed by atoms with Gasteiger partial charge in [0.15, 0.2) is 37.7 Å². The van der Waals surface area contributed by atoms with Gasteiger partial charge in [-0.05, 0) is 6.42 Å². The van der Waals surface area contributed by atoms with Crippen LogP contribution in [0.1, 0.15) is 6.42 Å². The van der Waals surface area contributed by atoms with Crippen molar-refractivity contribution in [2.75, 3.05) is 45.8 Å². The molecule has 21 aliphatic rings. The summed E-state index contributed by atoms with van der Waals surface area (Å²) in [5.74, 6) is -1.53. The number of ether oxygens (including phenoxy) is 13. The zero-order valence-electron chi connectivity index (χ0n) is 51.3. The van der Waals surface area contributed by atoms with Gasteiger partial charge in [-0.1, -0.05) is 0 Å². The first-order valence-corrected chi connectivity index (χ1v) is 30.4. The van der Waals surface area contributed by atoms with Crippen LogP contribution in [0.15, 0.2) is 0 Å². The molecule has 21 saturated heterocycles. The molecule has 560 valence electrons. The van der Waals surface area contributed by atoms with E-state index in [2.05, 4.69) is 37.2 Å². The number of nitrogens with one attached hydrogen (secondary N) is 7. The van der Waals surface area contributed by atoms with Gasteiger partial charge in [0.1, 0.15) is 153 Å². The quantitative estimate of drug-likeness (QED) is 0.0768. The second kappa shape index (κ2) is 33.5. The molecule has 0 aromatic rings. The highest BCUT2D eigenvalue weighted by molar-refractivity contribution is 5.73. The number of amides is 14. The highest BCUT2D eigenvalue weighted by Crippen LogP contribution is 2.40. The molecule has 21 heterocycles. The zero-order chi connectivity index (χ0) is 72.0. The number of carbonyl (C=O) groups is 7. The SMILES string of the molecule is NC(=O)NC[C@H]1O[C@@H]2OC3[C@@H](CNC(N)=O)O[C@H](O[C@H]4[C@H](O)[C@@H](O)[C@@H](O[C@H]5[C@H](O)[C@@H](O)C(O[C@H]6[C@H](O)[C@@H](O)[C@@H](O[C@H]7[C@H](O)[C@@H](O)[C@@H](OC8[C@@H](CNC(N)=O)OC(CC1[C@H](O)[C@H]2O)[C@H](O)[C@H]8O)O[C@@H]7CNC(N)=O)O[C@@H]6CNC(N)=O)O[C@@H]5CNC(N)=O)O[C@@H]4CNC(N)=O)[C@H](O)[C@H]3O. The second-order valence-electron chi connectivity index (χ2n) is 24.1. The summed E-state index contributed by atoms with van der Waals surface area (Å²) in [6.07, 6.45) is -71.9. The minimum atomic E-state index is -2.36. The van der Waals surface area contributed by atoms with E-state index in [-0.39, 0.29) is 0 Å². The monoisotopic (exact) mass is 1430 g/mol. The van der Waals surface area contributed by atoms with Gasteiger partial charge < -0.3 is 210 Å². The minimum absolute atomic E-state index is 0.660. The van der Waals surface area contributed by atoms with Crippen molar-refractivity contribution in [2.24, 2.45) is 46.1 Å². The van der Waals surface area contributed by atoms with Crippen molar-refractivity contribution in [3.63, 3.8) is 0 Å². The predicted molar refractivity (Wildman–Crippen MR) is 305 cm³/mol. The fraction of sp³-hybridized carbons (Fsp3) is 0.860. The van der Waals surface area contributed by atoms with Crippen LogP contribution < -0.4 is 77.4 Å². The van der Waals surface area contributed by atoms with Crippen LogP contribution in [0.5, 0.6) is 0 Å². The molecule has 14 bridgehead atoms. The highest BCUT2D eigenvalue weighted by atomic mass is 16.8. The van der Waals surface area contributed by atoms with Crippen molar-refractivity contribution in [2.45, 2.75) is 215 Å². The molecule has 0 aromatic heterocycles. The molecule has 14 amide bonds. The normalized spacial score (nSPS) is 45.4. The van der Waals surface area contributed by atoms with Gasteiger partial charge in [0, 0.05) is 51.7 Å². The molecular formula is C50H86N14O34. The Bertz CT molecular complexity index is 2230. The topological polar surface area (TPSA) is 789 Å². The molecule has 0 saturated carbocycles. The van der Waals surface area contributed by atoms with E-state index in [4.69, 9.17) is 102 Å². The first-order chi connectivity index (χ1) is 46.1. The average molecular weight is 1430 g/mol. The van der Waals surface area contributed by atoms with Crippen molar-refractivity contribution in [3.8, 4) is 0 Å². The summed E-state index contributed by atoms with van der Waals surface area (Å²) in [5.41, 5.74) is 37.6. The molecular weight excluding hydrogens is 1340 g/mol. The maximum absolute atomic E-state index is 12.2. The fourth-order valence-corrected chi connectivity index (χ4v) is 12.5. The lowest BCUT2D eigenvalue weighted by atomic mass is 9.81. The lowest BCUT2D eigenvalue weighted by molar-refractivity contribution is -0.392. The summed E-state index contributed by atoms with van der Waals surface area (Å²) in [4.78, 5) is 85.2. The van der Waals surface area contributed by atoms with Crippen LogP contribution in [0.3, 0.4) is 0 Å². The highest BCUT2D eigenvalue weighted by Gasteiger charge is 2.60. The third kappa shape index (κ3) is 18.3. The number of primary amides is 7. The van der Waals surface area contributed by atoms with Crippen molar-refractivity contribution in [1.82, 2.24) is 37.2 Å². The van der Waals surface area contributed by atoms with E-state index >= 15 is 0 Å². The Balaban J connectivity index is 1.19. The van der Waals surface area contributed by atoms with Gasteiger partial charge in [0.25, 0.3) is 0 Å². The number of aliphatic hydroxyl groups excluding tert-OH is 14. The molecule has 0 spiro atoms. The molecule has 21 aliphatic heterocycles. The molecule has 35 N–H and O–H groups in total. The van der Waals surface area contributed by atoms with Gasteiger partial charge in [0.2, 0.25) is 0 Å². The summed E-state index contributed by atoms with van der Waals surface area (Å²) in [6, 6.07) is -8.48. The zero-order valence-corrected chi connectivity index (χ0v) is 51.3. The summed E-state index contributed by atoms with van der Waals surface area (Å²) >= 11 is 0. The van der Waals surface area contributed by atoms with Crippen LogP contribution in [0.25, 0.3) is 0 Å². The maximum atomic E-state index is 12.2. The number of urea groups is 7. The smallest absolute Gasteiger partial charge is 0.312 e. The third-order valence-corrected chi connectivity index (χ3v) is 17.4. The summed E-state index contributed by atoms with van der Waals surface area (Å²) in [6.45, 7) is -5.22. The van der Waals surface area contributed by atoms with Crippen LogP contribution in [0, 0.1) is 5.92 Å². The van der Waals surface area contributed by atoms with Crippen LogP contribution in [-0.4, -0.2) is 368 Å². The van der Waals surface area contributed by atoms with E-state index in [0.29, 0.717) is 0 Å². The molecule has 35 atom stereocenters. The molecule has 21 rings (SSSR count). The van der Waals surface area contributed by atoms with E-state index < -0.39 is 309 Å². The molecule has 0 aliphatic carbocycles. The van der Waals surface area contributed by atoms with Gasteiger partial charge in [-0.3, -0.25) is 0 Å². The standard InChI is InChI=1S/C50H86N14O34/c51-44(79)58-2-11-9-1-10-19(66)20(67)32(12(86-10)3-59-45(52)80)93-39-27(74)22(69)34(14(88-39)5-61-47(54)82)95-41-29(76)24(71)36(16(90-41)7-63-49(56)84)97-43-31(78)25(72)37(17(92-43)8-64-50(57)85)98-42-30(77)23(70)35(15(91-42)6-62-48(55)83)96-40-28(75)21(68)33(13(89-40)4-60-46(53)81)94-38(87-11)26(73)18(9)65/h9-43,65-78H,1-8H2,(H3,51,58,79)(H3,52,59,80)(H3,53,60,81)(H3,54,61,82)(H3,55,62,83)(H3,56,63,84)(H3,57,64,85)/t9?,10?,11-,12-,13-,14-,15-,16-,17-,18+,19+,20-,21-,22-,23-,24-,25-,26-,27-,28-,29-,30-,31-,32?,33?,34-,35-,36-,37-,38-,39-,40-,41-,42-,43?/m1/s1. The first kappa shape index (κ1) is 77.5. The number of rotatable bonds is 14. The van der Waals surface area contributed by atoms with Gasteiger partial charge in [-0.15, -0.1) is 0 Å². The molecule has 5 unspecified atom stereocenters. The fourth-order valence-electron chi connectivity index (χ4n) is 12.5. The minimum Gasteiger partial charge on any atom is -0.390 e. The van der Waals surface area contributed by atoms with E-state index in [1.54, 1.807) is 0 Å². The number of carbonyl (C=O) groups excluding carboxylic acids is 7. The van der Waals surface area contributed by atoms with E-state index in [0.717, 1.165) is 0 Å². The van der Waals surface area contributed by atoms with Crippen molar-refractivity contribution >= 4 is 42.2 Å². The molecule has 0 radical (unpaired) electrons. The Morgan fingerprint density at radius 2 is 0.408 bits per heavy atom. The molecule has 21 fully saturated rings. The molecule has 48 nitrogen and oxygen atoms in total. The van der Waals surface area contributed by atoms with Crippen LogP contribution in [0.4, 0.5) is 33.6 Å². The summed E-state index contributed by atoms with van der Waals surface area (Å²) < 4.78 is 77.9. The summed E-state index contributed by atoms with van der Waals surface area (Å²) in [5, 5.41) is 181. The average Bonchev–Trinajstić information content (AvgIpc) is 0.778. The number of hydrogen-bond donors (Lipinski definition) is 28. The van der Waals surface area contributed by atoms with Crippen molar-refractivity contribution in [1.29, 1.82) is 0 Å². The van der Waals surface area contributed by atoms with Crippen molar-refractivity contribution < 1.29 is 167 Å². The summed E-state index contributed by atoms with van der Waals surface area (Å²) in [7, 11) is 0. The second-order valence-corrected chi connectivity index (χ2v) is 24.1. The molecule has 0 aromatic carbocycles. The lowest BCUT2D eigenvalue weighted by Gasteiger charge is -2.50. The van der Waals surface area contributed by atoms with Crippen LogP contribution in [-0.2, 0) is 61.6 Å². The van der Waals surface area contributed by atoms with E-state index in [1.165, 1.54) is 0 Å². The van der Waals surface area contributed by atoms with E-state index in [1.807, 2.05) is 0 Å². The number of aliphatic hydroxyl groups is 14. The Hall–Kier alpha value is -6.19. The van der Waals surface area contributed by atoms with Gasteiger partial charge >= 0.3 is 42.2 Å². The van der Waals surface area contributed by atoms with Crippen molar-refractivity contribution in [3.05, 3.63) is 0 Å². The Morgan fingerprint density at radius 3 is 0.622 bits per heavy atom. The van der Waals surface area contributed by atoms with Crippen LogP contribution in [0.2, 0.25) is 0 Å². The molecule has 48 heteroatoms. The lowest BCUT2D eigenvalue weighted by Crippen LogP contribution is -2.69.